The number of carbonyl (C=O) groups is 1. The number of aliphatic carboxylic acids is 1. The fourth-order valence-corrected chi connectivity index (χ4v) is 1.36. The number of hydrogen-bond acceptors (Lipinski definition) is 6. The van der Waals surface area contributed by atoms with E-state index in [2.05, 4.69) is 4.74 Å². The van der Waals surface area contributed by atoms with Crippen LogP contribution in [0.1, 0.15) is 0 Å². The maximum atomic E-state index is 10.6. The second-order valence-corrected chi connectivity index (χ2v) is 3.05. The molecule has 1 aliphatic heterocycles. The molecule has 0 aromatic heterocycles. The van der Waals surface area contributed by atoms with E-state index in [9.17, 15) is 15.0 Å². The highest BCUT2D eigenvalue weighted by Gasteiger charge is 2.46. The van der Waals surface area contributed by atoms with E-state index in [1.807, 2.05) is 0 Å². The molecule has 1 aliphatic rings. The van der Waals surface area contributed by atoms with E-state index < -0.39 is 36.6 Å². The lowest BCUT2D eigenvalue weighted by Gasteiger charge is -2.38. The number of hydrogen-bond donors (Lipinski definition) is 4. The minimum Gasteiger partial charge on any atom is -0.479 e. The van der Waals surface area contributed by atoms with Crippen molar-refractivity contribution in [3.63, 3.8) is 0 Å². The highest BCUT2D eigenvalue weighted by atomic mass is 16.7. The van der Waals surface area contributed by atoms with E-state index in [-0.39, 0.29) is 0 Å². The average Bonchev–Trinajstić information content (AvgIpc) is 2.12. The van der Waals surface area contributed by atoms with Gasteiger partial charge in [-0.3, -0.25) is 0 Å². The molecule has 0 spiro atoms. The molecule has 0 aromatic carbocycles. The lowest BCUT2D eigenvalue weighted by molar-refractivity contribution is -0.260. The van der Waals surface area contributed by atoms with Gasteiger partial charge in [0.2, 0.25) is 0 Å². The summed E-state index contributed by atoms with van der Waals surface area (Å²) in [5.74, 6) is -1.33. The van der Waals surface area contributed by atoms with E-state index in [0.717, 1.165) is 0 Å². The van der Waals surface area contributed by atoms with Crippen molar-refractivity contribution in [3.8, 4) is 0 Å². The standard InChI is InChI=1S/C7H13NO6/c1-13-5-3(9)2(8)4(6(10)11)14-7(5)12/h2-5,7,9,12H,8H2,1H3,(H,10,11). The van der Waals surface area contributed by atoms with Crippen LogP contribution in [0.25, 0.3) is 0 Å². The van der Waals surface area contributed by atoms with Crippen LogP contribution in [0.4, 0.5) is 0 Å². The van der Waals surface area contributed by atoms with E-state index in [0.29, 0.717) is 0 Å². The van der Waals surface area contributed by atoms with Crippen molar-refractivity contribution in [1.82, 2.24) is 0 Å². The molecule has 5 unspecified atom stereocenters. The third kappa shape index (κ3) is 1.86. The monoisotopic (exact) mass is 207 g/mol. The first kappa shape index (κ1) is 11.3. The molecule has 5 N–H and O–H groups in total. The molecule has 7 heteroatoms. The summed E-state index contributed by atoms with van der Waals surface area (Å²) >= 11 is 0. The van der Waals surface area contributed by atoms with Gasteiger partial charge in [-0.2, -0.15) is 0 Å². The van der Waals surface area contributed by atoms with E-state index in [1.54, 1.807) is 0 Å². The van der Waals surface area contributed by atoms with E-state index in [1.165, 1.54) is 7.11 Å². The lowest BCUT2D eigenvalue weighted by Crippen LogP contribution is -2.63. The summed E-state index contributed by atoms with van der Waals surface area (Å²) in [5.41, 5.74) is 5.40. The Balaban J connectivity index is 2.77. The van der Waals surface area contributed by atoms with Gasteiger partial charge < -0.3 is 30.5 Å². The summed E-state index contributed by atoms with van der Waals surface area (Å²) in [5, 5.41) is 27.4. The van der Waals surface area contributed by atoms with Crippen molar-refractivity contribution in [2.75, 3.05) is 7.11 Å². The van der Waals surface area contributed by atoms with Crippen LogP contribution in [0.5, 0.6) is 0 Å². The zero-order chi connectivity index (χ0) is 10.9. The third-order valence-electron chi connectivity index (χ3n) is 2.16. The molecule has 1 rings (SSSR count). The zero-order valence-electron chi connectivity index (χ0n) is 7.53. The lowest BCUT2D eigenvalue weighted by atomic mass is 9.97. The Kier molecular flexibility index (Phi) is 3.40. The second kappa shape index (κ2) is 4.20. The summed E-state index contributed by atoms with van der Waals surface area (Å²) < 4.78 is 9.40. The van der Waals surface area contributed by atoms with Gasteiger partial charge in [0.1, 0.15) is 12.2 Å². The second-order valence-electron chi connectivity index (χ2n) is 3.05. The quantitative estimate of drug-likeness (QED) is 0.394. The maximum absolute atomic E-state index is 10.6. The average molecular weight is 207 g/mol. The van der Waals surface area contributed by atoms with E-state index >= 15 is 0 Å². The molecule has 0 amide bonds. The molecule has 14 heavy (non-hydrogen) atoms. The van der Waals surface area contributed by atoms with Crippen LogP contribution in [-0.4, -0.2) is 59.0 Å². The van der Waals surface area contributed by atoms with Crippen LogP contribution >= 0.6 is 0 Å². The van der Waals surface area contributed by atoms with Gasteiger partial charge in [-0.15, -0.1) is 0 Å². The summed E-state index contributed by atoms with van der Waals surface area (Å²) in [6.45, 7) is 0. The Morgan fingerprint density at radius 3 is 2.50 bits per heavy atom. The van der Waals surface area contributed by atoms with Crippen molar-refractivity contribution in [3.05, 3.63) is 0 Å². The molecule has 1 saturated heterocycles. The molecule has 7 nitrogen and oxygen atoms in total. The Labute approximate surface area is 80.0 Å². The van der Waals surface area contributed by atoms with Gasteiger partial charge in [-0.25, -0.2) is 4.79 Å². The third-order valence-corrected chi connectivity index (χ3v) is 2.16. The first-order valence-corrected chi connectivity index (χ1v) is 4.01. The van der Waals surface area contributed by atoms with Gasteiger partial charge in [-0.05, 0) is 0 Å². The van der Waals surface area contributed by atoms with Gasteiger partial charge in [-0.1, -0.05) is 0 Å². The van der Waals surface area contributed by atoms with Crippen LogP contribution < -0.4 is 5.73 Å². The molecular formula is C7H13NO6. The summed E-state index contributed by atoms with van der Waals surface area (Å²) in [6.07, 6.45) is -5.22. The fourth-order valence-electron chi connectivity index (χ4n) is 1.36. The van der Waals surface area contributed by atoms with Crippen LogP contribution in [0.3, 0.4) is 0 Å². The highest BCUT2D eigenvalue weighted by molar-refractivity contribution is 5.73. The molecule has 1 fully saturated rings. The summed E-state index contributed by atoms with van der Waals surface area (Å²) in [4.78, 5) is 10.6. The number of rotatable bonds is 2. The van der Waals surface area contributed by atoms with Gasteiger partial charge in [0.05, 0.1) is 6.04 Å². The maximum Gasteiger partial charge on any atom is 0.334 e. The van der Waals surface area contributed by atoms with Gasteiger partial charge in [0.25, 0.3) is 0 Å². The van der Waals surface area contributed by atoms with Crippen LogP contribution in [0.15, 0.2) is 0 Å². The van der Waals surface area contributed by atoms with Crippen LogP contribution in [0, 0.1) is 0 Å². The van der Waals surface area contributed by atoms with Crippen molar-refractivity contribution >= 4 is 5.97 Å². The highest BCUT2D eigenvalue weighted by Crippen LogP contribution is 2.20. The molecule has 0 aromatic rings. The Morgan fingerprint density at radius 1 is 1.50 bits per heavy atom. The molecule has 0 saturated carbocycles. The normalized spacial score (nSPS) is 43.6. The van der Waals surface area contributed by atoms with Gasteiger partial charge in [0, 0.05) is 7.11 Å². The van der Waals surface area contributed by atoms with Crippen molar-refractivity contribution in [1.29, 1.82) is 0 Å². The number of ether oxygens (including phenoxy) is 2. The fraction of sp³-hybridized carbons (Fsp3) is 0.857. The Bertz CT molecular complexity index is 222. The molecule has 82 valence electrons. The minimum atomic E-state index is -1.49. The Hall–Kier alpha value is -0.730. The SMILES string of the molecule is COC1C(O)OC(C(=O)O)C(N)C1O. The molecule has 0 aliphatic carbocycles. The summed E-state index contributed by atoms with van der Waals surface area (Å²) in [6, 6.07) is -1.12. The molecule has 5 atom stereocenters. The minimum absolute atomic E-state index is 1.03. The van der Waals surface area contributed by atoms with Crippen molar-refractivity contribution < 1.29 is 29.6 Å². The first-order chi connectivity index (χ1) is 6.49. The molecule has 0 bridgehead atoms. The topological polar surface area (TPSA) is 122 Å². The number of aliphatic hydroxyl groups excluding tert-OH is 2. The predicted octanol–water partition coefficient (Wildman–Crippen LogP) is -2.51. The number of nitrogens with two attached hydrogens (primary N) is 1. The molecule has 1 heterocycles. The van der Waals surface area contributed by atoms with Crippen molar-refractivity contribution in [2.24, 2.45) is 5.73 Å². The van der Waals surface area contributed by atoms with Crippen molar-refractivity contribution in [2.45, 2.75) is 30.6 Å². The molecule has 0 radical (unpaired) electrons. The number of methoxy groups -OCH3 is 1. The Morgan fingerprint density at radius 2 is 2.07 bits per heavy atom. The van der Waals surface area contributed by atoms with Crippen LogP contribution in [-0.2, 0) is 14.3 Å². The smallest absolute Gasteiger partial charge is 0.334 e. The number of carboxylic acids is 1. The van der Waals surface area contributed by atoms with Gasteiger partial charge >= 0.3 is 5.97 Å². The number of carboxylic acid groups (broad SMARTS) is 1. The predicted molar refractivity (Wildman–Crippen MR) is 43.3 cm³/mol. The van der Waals surface area contributed by atoms with Crippen LogP contribution in [0.2, 0.25) is 0 Å². The zero-order valence-corrected chi connectivity index (χ0v) is 7.53. The largest absolute Gasteiger partial charge is 0.479 e. The first-order valence-electron chi connectivity index (χ1n) is 4.01. The van der Waals surface area contributed by atoms with Gasteiger partial charge in [0.15, 0.2) is 12.4 Å². The molecular weight excluding hydrogens is 194 g/mol. The number of aliphatic hydroxyl groups is 2. The van der Waals surface area contributed by atoms with E-state index in [4.69, 9.17) is 15.6 Å². The summed E-state index contributed by atoms with van der Waals surface area (Å²) in [7, 11) is 1.26.